The Hall–Kier alpha value is -1.28. The predicted molar refractivity (Wildman–Crippen MR) is 64.4 cm³/mol. The second kappa shape index (κ2) is 5.17. The summed E-state index contributed by atoms with van der Waals surface area (Å²) >= 11 is 0. The fourth-order valence-corrected chi connectivity index (χ4v) is 2.15. The third-order valence-corrected chi connectivity index (χ3v) is 3.15. The Kier molecular flexibility index (Phi) is 3.62. The van der Waals surface area contributed by atoms with Gasteiger partial charge in [0.15, 0.2) is 0 Å². The molecule has 2 nitrogen and oxygen atoms in total. The number of aliphatic hydroxyl groups is 1. The first-order valence-corrected chi connectivity index (χ1v) is 5.80. The smallest absolute Gasteiger partial charge is 0.118 e. The first-order chi connectivity index (χ1) is 7.81. The largest absolute Gasteiger partial charge is 0.497 e. The van der Waals surface area contributed by atoms with Gasteiger partial charge in [-0.2, -0.15) is 0 Å². The zero-order valence-electron chi connectivity index (χ0n) is 9.60. The van der Waals surface area contributed by atoms with Crippen LogP contribution < -0.4 is 4.74 Å². The molecular weight excluding hydrogens is 200 g/mol. The Labute approximate surface area is 96.6 Å². The monoisotopic (exact) mass is 218 g/mol. The minimum atomic E-state index is -0.387. The van der Waals surface area contributed by atoms with E-state index in [1.54, 1.807) is 7.11 Å². The number of hydrogen-bond acceptors (Lipinski definition) is 2. The van der Waals surface area contributed by atoms with Crippen molar-refractivity contribution in [3.63, 3.8) is 0 Å². The van der Waals surface area contributed by atoms with Crippen LogP contribution in [0.2, 0.25) is 0 Å². The summed E-state index contributed by atoms with van der Waals surface area (Å²) in [5, 5.41) is 10.2. The third-order valence-electron chi connectivity index (χ3n) is 3.15. The van der Waals surface area contributed by atoms with Crippen LogP contribution in [0, 0.1) is 5.92 Å². The topological polar surface area (TPSA) is 29.5 Å². The van der Waals surface area contributed by atoms with Crippen LogP contribution in [0.1, 0.15) is 30.9 Å². The standard InChI is InChI=1S/C14H18O2/c1-16-13-9-7-12(8-10-13)14(15)11-5-3-2-4-6-11/h3,5,7-11,14-15H,2,4,6H2,1H3/t11-,14-/m0/s1. The summed E-state index contributed by atoms with van der Waals surface area (Å²) < 4.78 is 5.10. The zero-order chi connectivity index (χ0) is 11.4. The zero-order valence-corrected chi connectivity index (χ0v) is 9.60. The van der Waals surface area contributed by atoms with Crippen LogP contribution in [0.15, 0.2) is 36.4 Å². The minimum Gasteiger partial charge on any atom is -0.497 e. The first-order valence-electron chi connectivity index (χ1n) is 5.80. The lowest BCUT2D eigenvalue weighted by atomic mass is 9.87. The van der Waals surface area contributed by atoms with Gasteiger partial charge in [-0.3, -0.25) is 0 Å². The quantitative estimate of drug-likeness (QED) is 0.790. The molecule has 1 aromatic carbocycles. The van der Waals surface area contributed by atoms with E-state index < -0.39 is 0 Å². The SMILES string of the molecule is COc1ccc([C@@H](O)[C@H]2C=CCCC2)cc1. The number of hydrogen-bond donors (Lipinski definition) is 1. The molecule has 0 radical (unpaired) electrons. The van der Waals surface area contributed by atoms with Crippen LogP contribution in [-0.2, 0) is 0 Å². The van der Waals surface area contributed by atoms with Crippen LogP contribution in [0.4, 0.5) is 0 Å². The Morgan fingerprint density at radius 2 is 2.06 bits per heavy atom. The summed E-state index contributed by atoms with van der Waals surface area (Å²) in [6.45, 7) is 0. The molecule has 0 aromatic heterocycles. The van der Waals surface area contributed by atoms with E-state index >= 15 is 0 Å². The van der Waals surface area contributed by atoms with E-state index in [0.717, 1.165) is 24.2 Å². The van der Waals surface area contributed by atoms with Crippen LogP contribution >= 0.6 is 0 Å². The number of methoxy groups -OCH3 is 1. The molecule has 0 saturated carbocycles. The van der Waals surface area contributed by atoms with Gasteiger partial charge >= 0.3 is 0 Å². The van der Waals surface area contributed by atoms with E-state index in [2.05, 4.69) is 12.2 Å². The third kappa shape index (κ3) is 2.45. The van der Waals surface area contributed by atoms with E-state index in [9.17, 15) is 5.11 Å². The molecule has 2 atom stereocenters. The lowest BCUT2D eigenvalue weighted by molar-refractivity contribution is 0.123. The molecule has 16 heavy (non-hydrogen) atoms. The highest BCUT2D eigenvalue weighted by atomic mass is 16.5. The molecule has 0 saturated heterocycles. The summed E-state index contributed by atoms with van der Waals surface area (Å²) in [7, 11) is 1.65. The molecule has 0 heterocycles. The van der Waals surface area contributed by atoms with Gasteiger partial charge in [-0.15, -0.1) is 0 Å². The molecule has 0 fully saturated rings. The van der Waals surface area contributed by atoms with E-state index in [1.165, 1.54) is 6.42 Å². The van der Waals surface area contributed by atoms with Crippen molar-refractivity contribution in [1.29, 1.82) is 0 Å². The highest BCUT2D eigenvalue weighted by Crippen LogP contribution is 2.30. The fourth-order valence-electron chi connectivity index (χ4n) is 2.15. The normalized spacial score (nSPS) is 21.8. The van der Waals surface area contributed by atoms with Crippen LogP contribution in [-0.4, -0.2) is 12.2 Å². The van der Waals surface area contributed by atoms with E-state index in [1.807, 2.05) is 24.3 Å². The maximum absolute atomic E-state index is 10.2. The van der Waals surface area contributed by atoms with E-state index in [4.69, 9.17) is 4.74 Å². The predicted octanol–water partition coefficient (Wildman–Crippen LogP) is 3.08. The van der Waals surface area contributed by atoms with Gasteiger partial charge in [0.25, 0.3) is 0 Å². The van der Waals surface area contributed by atoms with Crippen LogP contribution in [0.5, 0.6) is 5.75 Å². The second-order valence-corrected chi connectivity index (χ2v) is 4.24. The summed E-state index contributed by atoms with van der Waals surface area (Å²) in [6.07, 6.45) is 7.31. The molecule has 0 amide bonds. The van der Waals surface area contributed by atoms with Crippen molar-refractivity contribution in [2.45, 2.75) is 25.4 Å². The summed E-state index contributed by atoms with van der Waals surface area (Å²) in [6, 6.07) is 7.66. The number of benzene rings is 1. The summed E-state index contributed by atoms with van der Waals surface area (Å²) in [4.78, 5) is 0. The van der Waals surface area contributed by atoms with Gasteiger partial charge in [0.1, 0.15) is 5.75 Å². The molecule has 1 aliphatic rings. The molecular formula is C14H18O2. The average Bonchev–Trinajstić information content (AvgIpc) is 2.39. The molecule has 0 unspecified atom stereocenters. The molecule has 1 aliphatic carbocycles. The Bertz CT molecular complexity index is 354. The second-order valence-electron chi connectivity index (χ2n) is 4.24. The highest BCUT2D eigenvalue weighted by Gasteiger charge is 2.19. The fraction of sp³-hybridized carbons (Fsp3) is 0.429. The molecule has 0 aliphatic heterocycles. The van der Waals surface area contributed by atoms with Crippen molar-refractivity contribution in [2.24, 2.45) is 5.92 Å². The van der Waals surface area contributed by atoms with Gasteiger partial charge in [0.2, 0.25) is 0 Å². The molecule has 86 valence electrons. The number of allylic oxidation sites excluding steroid dienone is 1. The van der Waals surface area contributed by atoms with E-state index in [-0.39, 0.29) is 12.0 Å². The lowest BCUT2D eigenvalue weighted by Gasteiger charge is -2.22. The van der Waals surface area contributed by atoms with Crippen molar-refractivity contribution in [3.05, 3.63) is 42.0 Å². The Morgan fingerprint density at radius 1 is 1.31 bits per heavy atom. The van der Waals surface area contributed by atoms with Crippen molar-refractivity contribution < 1.29 is 9.84 Å². The molecule has 0 bridgehead atoms. The number of ether oxygens (including phenoxy) is 1. The van der Waals surface area contributed by atoms with E-state index in [0.29, 0.717) is 0 Å². The van der Waals surface area contributed by atoms with Crippen molar-refractivity contribution >= 4 is 0 Å². The summed E-state index contributed by atoms with van der Waals surface area (Å²) in [5.74, 6) is 1.09. The van der Waals surface area contributed by atoms with Gasteiger partial charge in [0.05, 0.1) is 13.2 Å². The molecule has 2 heteroatoms. The average molecular weight is 218 g/mol. The van der Waals surface area contributed by atoms with Crippen LogP contribution in [0.3, 0.4) is 0 Å². The van der Waals surface area contributed by atoms with Gasteiger partial charge in [-0.05, 0) is 37.0 Å². The molecule has 2 rings (SSSR count). The van der Waals surface area contributed by atoms with Gasteiger partial charge in [-0.1, -0.05) is 24.3 Å². The first kappa shape index (κ1) is 11.2. The van der Waals surface area contributed by atoms with Crippen LogP contribution in [0.25, 0.3) is 0 Å². The van der Waals surface area contributed by atoms with Gasteiger partial charge in [0, 0.05) is 5.92 Å². The van der Waals surface area contributed by atoms with Crippen molar-refractivity contribution in [3.8, 4) is 5.75 Å². The Morgan fingerprint density at radius 3 is 2.62 bits per heavy atom. The molecule has 1 N–H and O–H groups in total. The molecule has 0 spiro atoms. The maximum Gasteiger partial charge on any atom is 0.118 e. The maximum atomic E-state index is 10.2. The molecule has 1 aromatic rings. The summed E-state index contributed by atoms with van der Waals surface area (Å²) in [5.41, 5.74) is 0.970. The van der Waals surface area contributed by atoms with Gasteiger partial charge in [-0.25, -0.2) is 0 Å². The minimum absolute atomic E-state index is 0.266. The number of rotatable bonds is 3. The van der Waals surface area contributed by atoms with Crippen molar-refractivity contribution in [2.75, 3.05) is 7.11 Å². The highest BCUT2D eigenvalue weighted by molar-refractivity contribution is 5.29. The van der Waals surface area contributed by atoms with Crippen molar-refractivity contribution in [1.82, 2.24) is 0 Å². The Balaban J connectivity index is 2.10. The lowest BCUT2D eigenvalue weighted by Crippen LogP contribution is -2.12. The van der Waals surface area contributed by atoms with Gasteiger partial charge < -0.3 is 9.84 Å². The number of aliphatic hydroxyl groups excluding tert-OH is 1.